The van der Waals surface area contributed by atoms with Gasteiger partial charge in [0.1, 0.15) is 5.75 Å². The largest absolute Gasteiger partial charge is 0.481 e. The van der Waals surface area contributed by atoms with Crippen molar-refractivity contribution in [3.8, 4) is 5.75 Å². The highest BCUT2D eigenvalue weighted by Gasteiger charge is 2.21. The van der Waals surface area contributed by atoms with Crippen LogP contribution in [0.1, 0.15) is 30.9 Å². The lowest BCUT2D eigenvalue weighted by molar-refractivity contribution is -0.122. The third-order valence-electron chi connectivity index (χ3n) is 4.75. The minimum atomic E-state index is -0.615. The second kappa shape index (κ2) is 7.60. The van der Waals surface area contributed by atoms with Crippen LogP contribution in [0, 0.1) is 13.8 Å². The van der Waals surface area contributed by atoms with Gasteiger partial charge in [-0.2, -0.15) is 0 Å². The Morgan fingerprint density at radius 2 is 1.88 bits per heavy atom. The summed E-state index contributed by atoms with van der Waals surface area (Å²) in [6.45, 7) is 6.48. The SMILES string of the molecule is Cc1cccc(O[C@@H](C)C(=O)Nc2ccc(N3CCCC3=O)cc2)c1C. The lowest BCUT2D eigenvalue weighted by Gasteiger charge is -2.18. The van der Waals surface area contributed by atoms with Crippen molar-refractivity contribution in [2.24, 2.45) is 0 Å². The summed E-state index contributed by atoms with van der Waals surface area (Å²) < 4.78 is 5.81. The Balaban J connectivity index is 1.62. The van der Waals surface area contributed by atoms with E-state index < -0.39 is 6.10 Å². The summed E-state index contributed by atoms with van der Waals surface area (Å²) >= 11 is 0. The van der Waals surface area contributed by atoms with Crippen molar-refractivity contribution in [3.63, 3.8) is 0 Å². The Hall–Kier alpha value is -2.82. The molecule has 0 spiro atoms. The van der Waals surface area contributed by atoms with Crippen LogP contribution in [0.15, 0.2) is 42.5 Å². The molecule has 3 rings (SSSR count). The number of carbonyl (C=O) groups excluding carboxylic acids is 2. The fourth-order valence-electron chi connectivity index (χ4n) is 2.99. The number of hydrogen-bond acceptors (Lipinski definition) is 3. The highest BCUT2D eigenvalue weighted by Crippen LogP contribution is 2.24. The molecule has 0 radical (unpaired) electrons. The zero-order valence-corrected chi connectivity index (χ0v) is 15.4. The molecular formula is C21H24N2O3. The van der Waals surface area contributed by atoms with Crippen LogP contribution in [-0.2, 0) is 9.59 Å². The van der Waals surface area contributed by atoms with Crippen molar-refractivity contribution in [1.82, 2.24) is 0 Å². The van der Waals surface area contributed by atoms with E-state index in [0.717, 1.165) is 35.5 Å². The van der Waals surface area contributed by atoms with E-state index in [4.69, 9.17) is 4.74 Å². The number of benzene rings is 2. The van der Waals surface area contributed by atoms with Crippen LogP contribution in [0.2, 0.25) is 0 Å². The molecule has 2 amide bonds. The first-order valence-corrected chi connectivity index (χ1v) is 8.90. The number of anilines is 2. The molecule has 5 nitrogen and oxygen atoms in total. The fourth-order valence-corrected chi connectivity index (χ4v) is 2.99. The molecular weight excluding hydrogens is 328 g/mol. The summed E-state index contributed by atoms with van der Waals surface area (Å²) in [7, 11) is 0. The summed E-state index contributed by atoms with van der Waals surface area (Å²) in [6.07, 6.45) is 0.881. The molecule has 2 aromatic carbocycles. The molecule has 1 N–H and O–H groups in total. The Labute approximate surface area is 154 Å². The molecule has 0 saturated carbocycles. The number of rotatable bonds is 5. The first-order valence-electron chi connectivity index (χ1n) is 8.90. The maximum absolute atomic E-state index is 12.4. The lowest BCUT2D eigenvalue weighted by Crippen LogP contribution is -2.30. The first-order chi connectivity index (χ1) is 12.5. The van der Waals surface area contributed by atoms with E-state index in [1.165, 1.54) is 0 Å². The van der Waals surface area contributed by atoms with E-state index in [-0.39, 0.29) is 11.8 Å². The molecule has 1 aliphatic rings. The van der Waals surface area contributed by atoms with E-state index in [1.54, 1.807) is 11.8 Å². The molecule has 1 fully saturated rings. The predicted octanol–water partition coefficient (Wildman–Crippen LogP) is 3.84. The molecule has 26 heavy (non-hydrogen) atoms. The Bertz CT molecular complexity index is 815. The number of amides is 2. The van der Waals surface area contributed by atoms with Gasteiger partial charge in [0.15, 0.2) is 6.10 Å². The second-order valence-corrected chi connectivity index (χ2v) is 6.64. The summed E-state index contributed by atoms with van der Waals surface area (Å²) in [6, 6.07) is 13.1. The number of carbonyl (C=O) groups is 2. The van der Waals surface area contributed by atoms with Gasteiger partial charge in [-0.05, 0) is 68.7 Å². The number of nitrogens with zero attached hydrogens (tertiary/aromatic N) is 1. The van der Waals surface area contributed by atoms with Gasteiger partial charge in [0, 0.05) is 24.3 Å². The highest BCUT2D eigenvalue weighted by molar-refractivity contribution is 5.96. The van der Waals surface area contributed by atoms with Crippen LogP contribution in [0.4, 0.5) is 11.4 Å². The highest BCUT2D eigenvalue weighted by atomic mass is 16.5. The van der Waals surface area contributed by atoms with Gasteiger partial charge in [0.05, 0.1) is 0 Å². The smallest absolute Gasteiger partial charge is 0.265 e. The standard InChI is InChI=1S/C21H24N2O3/c1-14-6-4-7-19(15(14)2)26-16(3)21(25)22-17-9-11-18(12-10-17)23-13-5-8-20(23)24/h4,6-7,9-12,16H,5,8,13H2,1-3H3,(H,22,25)/t16-/m0/s1. The zero-order chi connectivity index (χ0) is 18.7. The average molecular weight is 352 g/mol. The maximum atomic E-state index is 12.4. The topological polar surface area (TPSA) is 58.6 Å². The summed E-state index contributed by atoms with van der Waals surface area (Å²) in [4.78, 5) is 26.0. The third kappa shape index (κ3) is 3.87. The molecule has 0 aromatic heterocycles. The predicted molar refractivity (Wildman–Crippen MR) is 103 cm³/mol. The van der Waals surface area contributed by atoms with Gasteiger partial charge < -0.3 is 15.0 Å². The molecule has 2 aromatic rings. The van der Waals surface area contributed by atoms with Crippen LogP contribution in [0.3, 0.4) is 0 Å². The van der Waals surface area contributed by atoms with Crippen LogP contribution in [0.25, 0.3) is 0 Å². The monoisotopic (exact) mass is 352 g/mol. The second-order valence-electron chi connectivity index (χ2n) is 6.64. The van der Waals surface area contributed by atoms with Crippen molar-refractivity contribution >= 4 is 23.2 Å². The Morgan fingerprint density at radius 1 is 1.15 bits per heavy atom. The average Bonchev–Trinajstić information content (AvgIpc) is 3.05. The van der Waals surface area contributed by atoms with Gasteiger partial charge in [0.2, 0.25) is 5.91 Å². The van der Waals surface area contributed by atoms with Crippen LogP contribution in [-0.4, -0.2) is 24.5 Å². The van der Waals surface area contributed by atoms with Crippen molar-refractivity contribution < 1.29 is 14.3 Å². The van der Waals surface area contributed by atoms with Crippen molar-refractivity contribution in [2.45, 2.75) is 39.7 Å². The molecule has 0 unspecified atom stereocenters. The molecule has 1 aliphatic heterocycles. The van der Waals surface area contributed by atoms with Gasteiger partial charge in [-0.3, -0.25) is 9.59 Å². The number of ether oxygens (including phenoxy) is 1. The fraction of sp³-hybridized carbons (Fsp3) is 0.333. The van der Waals surface area contributed by atoms with Crippen molar-refractivity contribution in [2.75, 3.05) is 16.8 Å². The molecule has 136 valence electrons. The van der Waals surface area contributed by atoms with E-state index in [2.05, 4.69) is 5.32 Å². The molecule has 5 heteroatoms. The first kappa shape index (κ1) is 18.0. The zero-order valence-electron chi connectivity index (χ0n) is 15.4. The van der Waals surface area contributed by atoms with Crippen LogP contribution >= 0.6 is 0 Å². The Kier molecular flexibility index (Phi) is 5.26. The maximum Gasteiger partial charge on any atom is 0.265 e. The minimum absolute atomic E-state index is 0.150. The minimum Gasteiger partial charge on any atom is -0.481 e. The lowest BCUT2D eigenvalue weighted by atomic mass is 10.1. The molecule has 1 saturated heterocycles. The van der Waals surface area contributed by atoms with Gasteiger partial charge in [0.25, 0.3) is 5.91 Å². The van der Waals surface area contributed by atoms with Crippen molar-refractivity contribution in [1.29, 1.82) is 0 Å². The summed E-state index contributed by atoms with van der Waals surface area (Å²) in [5.74, 6) is 0.656. The molecule has 1 heterocycles. The summed E-state index contributed by atoms with van der Waals surface area (Å²) in [5, 5.41) is 2.86. The normalized spacial score (nSPS) is 15.0. The van der Waals surface area contributed by atoms with Gasteiger partial charge >= 0.3 is 0 Å². The van der Waals surface area contributed by atoms with E-state index in [9.17, 15) is 9.59 Å². The van der Waals surface area contributed by atoms with Crippen LogP contribution < -0.4 is 15.0 Å². The molecule has 0 aliphatic carbocycles. The van der Waals surface area contributed by atoms with Crippen LogP contribution in [0.5, 0.6) is 5.75 Å². The van der Waals surface area contributed by atoms with E-state index >= 15 is 0 Å². The van der Waals surface area contributed by atoms with Gasteiger partial charge in [-0.1, -0.05) is 12.1 Å². The molecule has 0 bridgehead atoms. The quantitative estimate of drug-likeness (QED) is 0.889. The van der Waals surface area contributed by atoms with E-state index in [1.807, 2.05) is 56.3 Å². The van der Waals surface area contributed by atoms with Gasteiger partial charge in [-0.25, -0.2) is 0 Å². The van der Waals surface area contributed by atoms with Gasteiger partial charge in [-0.15, -0.1) is 0 Å². The third-order valence-corrected chi connectivity index (χ3v) is 4.75. The molecule has 1 atom stereocenters. The van der Waals surface area contributed by atoms with Crippen molar-refractivity contribution in [3.05, 3.63) is 53.6 Å². The van der Waals surface area contributed by atoms with E-state index in [0.29, 0.717) is 12.1 Å². The summed E-state index contributed by atoms with van der Waals surface area (Å²) in [5.41, 5.74) is 3.71. The number of aryl methyl sites for hydroxylation is 1. The Morgan fingerprint density at radius 3 is 2.54 bits per heavy atom. The number of nitrogens with one attached hydrogen (secondary N) is 1. The number of hydrogen-bond donors (Lipinski definition) is 1.